The zero-order chi connectivity index (χ0) is 44.4. The van der Waals surface area contributed by atoms with Crippen molar-refractivity contribution in [1.29, 1.82) is 0 Å². The molecule has 0 saturated carbocycles. The SMILES string of the molecule is CC\C=C/C=C\C=C/CCCCCCCC(=O)OC(COC(=O)CCCCCCC/C=C\C/C=C\CC)COC(=O)CCCCCCCCCCCCCCCCCCCC. The van der Waals surface area contributed by atoms with Crippen molar-refractivity contribution in [2.24, 2.45) is 0 Å². The number of esters is 3. The molecule has 352 valence electrons. The number of allylic oxidation sites excluding steroid dienone is 10. The molecule has 6 nitrogen and oxygen atoms in total. The van der Waals surface area contributed by atoms with E-state index >= 15 is 0 Å². The average molecular weight is 853 g/mol. The Morgan fingerprint density at radius 3 is 1.16 bits per heavy atom. The lowest BCUT2D eigenvalue weighted by molar-refractivity contribution is -0.167. The molecular formula is C55H96O6. The van der Waals surface area contributed by atoms with Gasteiger partial charge in [-0.3, -0.25) is 14.4 Å². The van der Waals surface area contributed by atoms with Crippen molar-refractivity contribution < 1.29 is 28.6 Å². The molecule has 0 aromatic carbocycles. The third kappa shape index (κ3) is 48.0. The van der Waals surface area contributed by atoms with Crippen molar-refractivity contribution >= 4 is 17.9 Å². The van der Waals surface area contributed by atoms with Crippen LogP contribution in [0, 0.1) is 0 Å². The molecule has 0 rings (SSSR count). The molecule has 0 aliphatic heterocycles. The summed E-state index contributed by atoms with van der Waals surface area (Å²) < 4.78 is 16.8. The van der Waals surface area contributed by atoms with Crippen molar-refractivity contribution in [3.05, 3.63) is 60.8 Å². The molecule has 0 amide bonds. The standard InChI is InChI=1S/C55H96O6/c1-4-7-10-13-16-19-22-25-26-27-28-29-31-33-36-39-42-45-48-54(57)60-51-52(50-59-53(56)47-44-41-38-35-32-24-21-18-15-12-9-6-3)61-55(58)49-46-43-40-37-34-30-23-20-17-14-11-8-5-2/h8-9,11-12,14,17-18,20-21,23,52H,4-7,10,13,15-16,19,22,24-51H2,1-3H3/b11-8-,12-9-,17-14-,21-18-,23-20-. The monoisotopic (exact) mass is 853 g/mol. The van der Waals surface area contributed by atoms with Crippen LogP contribution in [0.1, 0.15) is 252 Å². The van der Waals surface area contributed by atoms with Gasteiger partial charge in [0.05, 0.1) is 0 Å². The first-order chi connectivity index (χ1) is 30.0. The fraction of sp³-hybridized carbons (Fsp3) is 0.764. The summed E-state index contributed by atoms with van der Waals surface area (Å²) in [4.78, 5) is 37.9. The van der Waals surface area contributed by atoms with Gasteiger partial charge in [-0.2, -0.15) is 0 Å². The zero-order valence-corrected chi connectivity index (χ0v) is 40.2. The molecule has 0 bridgehead atoms. The third-order valence-corrected chi connectivity index (χ3v) is 11.1. The van der Waals surface area contributed by atoms with E-state index in [1.54, 1.807) is 0 Å². The number of unbranched alkanes of at least 4 members (excludes halogenated alkanes) is 27. The lowest BCUT2D eigenvalue weighted by atomic mass is 10.0. The number of carbonyl (C=O) groups excluding carboxylic acids is 3. The first-order valence-corrected chi connectivity index (χ1v) is 25.8. The minimum absolute atomic E-state index is 0.0855. The average Bonchev–Trinajstić information content (AvgIpc) is 3.26. The van der Waals surface area contributed by atoms with Crippen LogP contribution in [0.2, 0.25) is 0 Å². The van der Waals surface area contributed by atoms with E-state index in [-0.39, 0.29) is 31.1 Å². The van der Waals surface area contributed by atoms with E-state index in [9.17, 15) is 14.4 Å². The molecule has 0 aromatic rings. The molecule has 0 aromatic heterocycles. The van der Waals surface area contributed by atoms with E-state index < -0.39 is 6.10 Å². The van der Waals surface area contributed by atoms with Gasteiger partial charge in [0.25, 0.3) is 0 Å². The van der Waals surface area contributed by atoms with E-state index in [1.165, 1.54) is 96.3 Å². The highest BCUT2D eigenvalue weighted by Gasteiger charge is 2.19. The number of hydrogen-bond acceptors (Lipinski definition) is 6. The van der Waals surface area contributed by atoms with Gasteiger partial charge in [-0.1, -0.05) is 229 Å². The summed E-state index contributed by atoms with van der Waals surface area (Å²) in [6.45, 7) is 6.38. The number of rotatable bonds is 46. The molecule has 0 N–H and O–H groups in total. The van der Waals surface area contributed by atoms with Crippen LogP contribution in [0.25, 0.3) is 0 Å². The lowest BCUT2D eigenvalue weighted by Crippen LogP contribution is -2.30. The Kier molecular flexibility index (Phi) is 47.4. The highest BCUT2D eigenvalue weighted by Crippen LogP contribution is 2.16. The van der Waals surface area contributed by atoms with Gasteiger partial charge in [0.15, 0.2) is 6.10 Å². The maximum Gasteiger partial charge on any atom is 0.306 e. The molecule has 0 spiro atoms. The Labute approximate surface area is 377 Å². The van der Waals surface area contributed by atoms with Crippen LogP contribution < -0.4 is 0 Å². The van der Waals surface area contributed by atoms with E-state index in [1.807, 2.05) is 0 Å². The predicted octanol–water partition coefficient (Wildman–Crippen LogP) is 16.9. The van der Waals surface area contributed by atoms with Gasteiger partial charge in [0.1, 0.15) is 13.2 Å². The third-order valence-electron chi connectivity index (χ3n) is 11.1. The van der Waals surface area contributed by atoms with Crippen molar-refractivity contribution in [2.75, 3.05) is 13.2 Å². The molecule has 0 fully saturated rings. The Morgan fingerprint density at radius 1 is 0.361 bits per heavy atom. The van der Waals surface area contributed by atoms with Crippen LogP contribution >= 0.6 is 0 Å². The molecule has 6 heteroatoms. The fourth-order valence-corrected chi connectivity index (χ4v) is 7.25. The maximum atomic E-state index is 12.8. The van der Waals surface area contributed by atoms with Gasteiger partial charge in [-0.05, 0) is 64.2 Å². The second-order valence-corrected chi connectivity index (χ2v) is 17.1. The molecule has 0 aliphatic carbocycles. The summed E-state index contributed by atoms with van der Waals surface area (Å²) in [5, 5.41) is 0. The molecule has 1 unspecified atom stereocenters. The van der Waals surface area contributed by atoms with Crippen molar-refractivity contribution in [1.82, 2.24) is 0 Å². The molecule has 0 aliphatic rings. The second-order valence-electron chi connectivity index (χ2n) is 17.1. The molecule has 0 radical (unpaired) electrons. The molecule has 61 heavy (non-hydrogen) atoms. The van der Waals surface area contributed by atoms with Crippen molar-refractivity contribution in [2.45, 2.75) is 258 Å². The van der Waals surface area contributed by atoms with E-state index in [0.29, 0.717) is 19.3 Å². The van der Waals surface area contributed by atoms with Gasteiger partial charge >= 0.3 is 17.9 Å². The largest absolute Gasteiger partial charge is 0.462 e. The van der Waals surface area contributed by atoms with Crippen LogP contribution in [-0.2, 0) is 28.6 Å². The summed E-state index contributed by atoms with van der Waals surface area (Å²) in [5.41, 5.74) is 0. The highest BCUT2D eigenvalue weighted by atomic mass is 16.6. The Bertz CT molecular complexity index is 1120. The normalized spacial score (nSPS) is 12.5. The minimum Gasteiger partial charge on any atom is -0.462 e. The van der Waals surface area contributed by atoms with Crippen LogP contribution in [0.4, 0.5) is 0 Å². The number of hydrogen-bond donors (Lipinski definition) is 0. The molecule has 0 saturated heterocycles. The number of ether oxygens (including phenoxy) is 3. The Balaban J connectivity index is 4.35. The maximum absolute atomic E-state index is 12.8. The van der Waals surface area contributed by atoms with Crippen molar-refractivity contribution in [3.63, 3.8) is 0 Å². The smallest absolute Gasteiger partial charge is 0.306 e. The zero-order valence-electron chi connectivity index (χ0n) is 40.2. The quantitative estimate of drug-likeness (QED) is 0.0200. The molecule has 1 atom stereocenters. The van der Waals surface area contributed by atoms with E-state index in [4.69, 9.17) is 14.2 Å². The van der Waals surface area contributed by atoms with Gasteiger partial charge in [-0.15, -0.1) is 0 Å². The Hall–Kier alpha value is -2.89. The topological polar surface area (TPSA) is 78.9 Å². The first kappa shape index (κ1) is 58.1. The second kappa shape index (κ2) is 49.8. The van der Waals surface area contributed by atoms with Crippen LogP contribution in [0.15, 0.2) is 60.8 Å². The van der Waals surface area contributed by atoms with Crippen molar-refractivity contribution in [3.8, 4) is 0 Å². The highest BCUT2D eigenvalue weighted by molar-refractivity contribution is 5.71. The Morgan fingerprint density at radius 2 is 0.721 bits per heavy atom. The minimum atomic E-state index is -0.787. The van der Waals surface area contributed by atoms with Crippen LogP contribution in [0.3, 0.4) is 0 Å². The number of carbonyl (C=O) groups is 3. The predicted molar refractivity (Wildman–Crippen MR) is 261 cm³/mol. The summed E-state index contributed by atoms with van der Waals surface area (Å²) >= 11 is 0. The van der Waals surface area contributed by atoms with Gasteiger partial charge in [0, 0.05) is 19.3 Å². The van der Waals surface area contributed by atoms with Gasteiger partial charge in [-0.25, -0.2) is 0 Å². The molecular weight excluding hydrogens is 757 g/mol. The summed E-state index contributed by atoms with van der Waals surface area (Å²) in [5.74, 6) is -0.917. The molecule has 0 heterocycles. The first-order valence-electron chi connectivity index (χ1n) is 25.8. The summed E-state index contributed by atoms with van der Waals surface area (Å²) in [7, 11) is 0. The van der Waals surface area contributed by atoms with Crippen LogP contribution in [-0.4, -0.2) is 37.2 Å². The summed E-state index contributed by atoms with van der Waals surface area (Å²) in [6.07, 6.45) is 60.7. The van der Waals surface area contributed by atoms with Crippen LogP contribution in [0.5, 0.6) is 0 Å². The van der Waals surface area contributed by atoms with E-state index in [0.717, 1.165) is 116 Å². The lowest BCUT2D eigenvalue weighted by Gasteiger charge is -2.18. The van der Waals surface area contributed by atoms with E-state index in [2.05, 4.69) is 81.5 Å². The summed E-state index contributed by atoms with van der Waals surface area (Å²) in [6, 6.07) is 0. The van der Waals surface area contributed by atoms with Gasteiger partial charge in [0.2, 0.25) is 0 Å². The van der Waals surface area contributed by atoms with Gasteiger partial charge < -0.3 is 14.2 Å². The fourth-order valence-electron chi connectivity index (χ4n) is 7.25.